The molecule has 0 aromatic carbocycles. The summed E-state index contributed by atoms with van der Waals surface area (Å²) in [6.07, 6.45) is 54.6. The Bertz CT molecular complexity index is 1620. The Morgan fingerprint density at radius 1 is 0.442 bits per heavy atom. The fourth-order valence-electron chi connectivity index (χ4n) is 9.04. The van der Waals surface area contributed by atoms with Gasteiger partial charge in [-0.05, 0) is 89.9 Å². The van der Waals surface area contributed by atoms with Crippen molar-refractivity contribution in [1.82, 2.24) is 0 Å². The van der Waals surface area contributed by atoms with Gasteiger partial charge in [-0.25, -0.2) is 4.79 Å². The van der Waals surface area contributed by atoms with Gasteiger partial charge in [-0.3, -0.25) is 14.4 Å². The molecule has 0 spiro atoms. The molecule has 12 heteroatoms. The van der Waals surface area contributed by atoms with Crippen molar-refractivity contribution in [3.05, 3.63) is 72.9 Å². The molecule has 0 saturated carbocycles. The van der Waals surface area contributed by atoms with E-state index in [9.17, 15) is 34.5 Å². The third-order valence-electron chi connectivity index (χ3n) is 13.8. The maximum Gasteiger partial charge on any atom is 0.335 e. The molecule has 442 valence electrons. The van der Waals surface area contributed by atoms with Crippen molar-refractivity contribution in [2.45, 2.75) is 302 Å². The van der Waals surface area contributed by atoms with Gasteiger partial charge >= 0.3 is 23.9 Å². The lowest BCUT2D eigenvalue weighted by molar-refractivity contribution is -0.301. The lowest BCUT2D eigenvalue weighted by atomic mass is 9.98. The van der Waals surface area contributed by atoms with Crippen LogP contribution in [-0.4, -0.2) is 89.2 Å². The highest BCUT2D eigenvalue weighted by atomic mass is 16.7. The van der Waals surface area contributed by atoms with E-state index in [0.29, 0.717) is 19.3 Å². The van der Waals surface area contributed by atoms with Crippen molar-refractivity contribution in [3.63, 3.8) is 0 Å². The number of unbranched alkanes of at least 4 members (excludes halogenated alkanes) is 26. The Morgan fingerprint density at radius 3 is 1.27 bits per heavy atom. The predicted molar refractivity (Wildman–Crippen MR) is 312 cm³/mol. The fraction of sp³-hybridized carbons (Fsp3) is 0.754. The summed E-state index contributed by atoms with van der Waals surface area (Å²) in [5.41, 5.74) is 0. The van der Waals surface area contributed by atoms with Crippen molar-refractivity contribution in [2.24, 2.45) is 0 Å². The molecule has 1 rings (SSSR count). The SMILES string of the molecule is CC/C=C\C/C=C\C/C=C\C/C=C\C/C=C\CCCCCC(=O)OCC(COC1OC(C(=O)O)C(O)C(O)C1OC(=O)CCCCCCCCCCC)OC(=O)CCCCCCCCCCC/C=C\CCCCCCCC. The Morgan fingerprint density at radius 2 is 0.818 bits per heavy atom. The van der Waals surface area contributed by atoms with Gasteiger partial charge in [0.25, 0.3) is 0 Å². The van der Waals surface area contributed by atoms with E-state index in [1.807, 2.05) is 0 Å². The first-order valence-electron chi connectivity index (χ1n) is 30.9. The van der Waals surface area contributed by atoms with Crippen LogP contribution in [0.3, 0.4) is 0 Å². The average Bonchev–Trinajstić information content (AvgIpc) is 3.42. The summed E-state index contributed by atoms with van der Waals surface area (Å²) in [4.78, 5) is 51.1. The van der Waals surface area contributed by atoms with Crippen LogP contribution in [0, 0.1) is 0 Å². The topological polar surface area (TPSA) is 175 Å². The fourth-order valence-corrected chi connectivity index (χ4v) is 9.04. The molecule has 6 unspecified atom stereocenters. The molecule has 6 atom stereocenters. The molecule has 0 amide bonds. The molecule has 0 aromatic heterocycles. The first-order valence-corrected chi connectivity index (χ1v) is 30.9. The third kappa shape index (κ3) is 42.7. The van der Waals surface area contributed by atoms with Gasteiger partial charge in [-0.2, -0.15) is 0 Å². The van der Waals surface area contributed by atoms with Crippen molar-refractivity contribution in [3.8, 4) is 0 Å². The molecule has 1 aliphatic heterocycles. The van der Waals surface area contributed by atoms with E-state index < -0.39 is 67.3 Å². The Hall–Kier alpha value is -3.84. The summed E-state index contributed by atoms with van der Waals surface area (Å²) >= 11 is 0. The van der Waals surface area contributed by atoms with E-state index in [0.717, 1.165) is 103 Å². The highest BCUT2D eigenvalue weighted by molar-refractivity contribution is 5.74. The molecule has 1 fully saturated rings. The molecule has 0 radical (unpaired) electrons. The molecule has 3 N–H and O–H groups in total. The van der Waals surface area contributed by atoms with Gasteiger partial charge in [-0.1, -0.05) is 229 Å². The smallest absolute Gasteiger partial charge is 0.335 e. The number of carboxylic acids is 1. The van der Waals surface area contributed by atoms with Gasteiger partial charge in [-0.15, -0.1) is 0 Å². The van der Waals surface area contributed by atoms with Gasteiger partial charge in [0, 0.05) is 19.3 Å². The number of esters is 3. The van der Waals surface area contributed by atoms with Crippen LogP contribution in [0.1, 0.15) is 265 Å². The molecule has 77 heavy (non-hydrogen) atoms. The van der Waals surface area contributed by atoms with Crippen LogP contribution in [0.25, 0.3) is 0 Å². The lowest BCUT2D eigenvalue weighted by Gasteiger charge is -2.40. The molecule has 1 aliphatic rings. The standard InChI is InChI=1S/C65H110O12/c1-4-7-10-13-16-19-21-23-25-27-29-31-33-35-37-40-42-45-48-51-57(66)73-54-56(75-58(67)52-49-46-44-41-38-36-34-32-30-28-26-24-22-20-17-14-11-8-5-2)55-74-65-63(61(70)60(69)62(77-65)64(71)72)76-59(68)53-50-47-43-39-18-15-12-9-6-3/h7,10,16,19,23-26,29,31,35,37,56,60-63,65,69-70H,4-6,8-9,11-15,17-18,20-22,27-28,30,32-34,36,38-55H2,1-3H3,(H,71,72)/b10-7-,19-16-,25-23-,26-24-,31-29-,37-35-. The monoisotopic (exact) mass is 1080 g/mol. The number of allylic oxidation sites excluding steroid dienone is 12. The highest BCUT2D eigenvalue weighted by Crippen LogP contribution is 2.26. The van der Waals surface area contributed by atoms with Gasteiger partial charge in [0.15, 0.2) is 24.6 Å². The molecule has 0 bridgehead atoms. The third-order valence-corrected chi connectivity index (χ3v) is 13.8. The molecule has 0 aliphatic carbocycles. The second-order valence-corrected chi connectivity index (χ2v) is 21.0. The first-order chi connectivity index (χ1) is 37.6. The van der Waals surface area contributed by atoms with E-state index in [2.05, 4.69) is 93.7 Å². The zero-order valence-corrected chi connectivity index (χ0v) is 48.7. The Kier molecular flexibility index (Phi) is 48.8. The van der Waals surface area contributed by atoms with E-state index in [-0.39, 0.29) is 25.9 Å². The second kappa shape index (κ2) is 52.8. The predicted octanol–water partition coefficient (Wildman–Crippen LogP) is 16.1. The quantitative estimate of drug-likeness (QED) is 0.0228. The maximum atomic E-state index is 13.2. The second-order valence-electron chi connectivity index (χ2n) is 21.0. The number of hydrogen-bond acceptors (Lipinski definition) is 11. The summed E-state index contributed by atoms with van der Waals surface area (Å²) in [6, 6.07) is 0. The molecular formula is C65H110O12. The number of carbonyl (C=O) groups is 4. The number of ether oxygens (including phenoxy) is 5. The zero-order chi connectivity index (χ0) is 56.1. The van der Waals surface area contributed by atoms with Crippen molar-refractivity contribution in [1.29, 1.82) is 0 Å². The van der Waals surface area contributed by atoms with E-state index in [1.165, 1.54) is 103 Å². The van der Waals surface area contributed by atoms with Gasteiger partial charge in [0.2, 0.25) is 0 Å². The van der Waals surface area contributed by atoms with Crippen LogP contribution in [0.15, 0.2) is 72.9 Å². The number of hydrogen-bond donors (Lipinski definition) is 3. The number of aliphatic carboxylic acids is 1. The minimum absolute atomic E-state index is 0.0568. The van der Waals surface area contributed by atoms with Crippen molar-refractivity contribution >= 4 is 23.9 Å². The van der Waals surface area contributed by atoms with Crippen LogP contribution < -0.4 is 0 Å². The highest BCUT2D eigenvalue weighted by Gasteiger charge is 2.50. The van der Waals surface area contributed by atoms with Crippen LogP contribution in [-0.2, 0) is 42.9 Å². The lowest BCUT2D eigenvalue weighted by Crippen LogP contribution is -2.61. The minimum Gasteiger partial charge on any atom is -0.479 e. The number of carboxylic acid groups (broad SMARTS) is 1. The van der Waals surface area contributed by atoms with E-state index in [4.69, 9.17) is 23.7 Å². The summed E-state index contributed by atoms with van der Waals surface area (Å²) in [6.45, 7) is 5.83. The van der Waals surface area contributed by atoms with Gasteiger partial charge in [0.05, 0.1) is 6.61 Å². The van der Waals surface area contributed by atoms with Gasteiger partial charge in [0.1, 0.15) is 18.8 Å². The van der Waals surface area contributed by atoms with Crippen LogP contribution >= 0.6 is 0 Å². The normalized spacial score (nSPS) is 18.5. The van der Waals surface area contributed by atoms with Crippen molar-refractivity contribution in [2.75, 3.05) is 13.2 Å². The maximum absolute atomic E-state index is 13.2. The zero-order valence-electron chi connectivity index (χ0n) is 48.7. The number of carbonyl (C=O) groups excluding carboxylic acids is 3. The number of rotatable bonds is 52. The van der Waals surface area contributed by atoms with Crippen LogP contribution in [0.2, 0.25) is 0 Å². The number of aliphatic hydroxyl groups is 2. The van der Waals surface area contributed by atoms with E-state index in [1.54, 1.807) is 0 Å². The average molecular weight is 1080 g/mol. The van der Waals surface area contributed by atoms with Crippen molar-refractivity contribution < 1.29 is 58.2 Å². The minimum atomic E-state index is -1.91. The van der Waals surface area contributed by atoms with Crippen LogP contribution in [0.4, 0.5) is 0 Å². The molecule has 1 heterocycles. The Labute approximate surface area is 468 Å². The molecular weight excluding hydrogens is 973 g/mol. The molecule has 12 nitrogen and oxygen atoms in total. The molecule has 0 aromatic rings. The Balaban J connectivity index is 2.66. The number of aliphatic hydroxyl groups excluding tert-OH is 2. The van der Waals surface area contributed by atoms with Crippen LogP contribution in [0.5, 0.6) is 0 Å². The summed E-state index contributed by atoms with van der Waals surface area (Å²) in [5, 5.41) is 31.4. The van der Waals surface area contributed by atoms with E-state index >= 15 is 0 Å². The first kappa shape index (κ1) is 71.2. The summed E-state index contributed by atoms with van der Waals surface area (Å²) in [5.74, 6) is -3.16. The largest absolute Gasteiger partial charge is 0.479 e. The summed E-state index contributed by atoms with van der Waals surface area (Å²) in [7, 11) is 0. The molecule has 1 saturated heterocycles. The van der Waals surface area contributed by atoms with Gasteiger partial charge < -0.3 is 39.0 Å². The summed E-state index contributed by atoms with van der Waals surface area (Å²) < 4.78 is 28.4.